The fourth-order valence-corrected chi connectivity index (χ4v) is 1.94. The van der Waals surface area contributed by atoms with Crippen molar-refractivity contribution >= 4 is 0 Å². The summed E-state index contributed by atoms with van der Waals surface area (Å²) in [5.74, 6) is 0. The SMILES string of the molecule is CNC(Cc1ccn(C)n1)c1cncc(C)c1. The van der Waals surface area contributed by atoms with Crippen LogP contribution in [0.15, 0.2) is 30.7 Å². The first kappa shape index (κ1) is 11.8. The molecular formula is C13H18N4. The zero-order valence-electron chi connectivity index (χ0n) is 10.5. The number of likely N-dealkylation sites (N-methyl/N-ethyl adjacent to an activating group) is 1. The first-order valence-electron chi connectivity index (χ1n) is 5.76. The highest BCUT2D eigenvalue weighted by Gasteiger charge is 2.12. The lowest BCUT2D eigenvalue weighted by molar-refractivity contribution is 0.575. The maximum atomic E-state index is 4.40. The smallest absolute Gasteiger partial charge is 0.0643 e. The van der Waals surface area contributed by atoms with Gasteiger partial charge in [0, 0.05) is 38.1 Å². The molecule has 4 nitrogen and oxygen atoms in total. The van der Waals surface area contributed by atoms with Crippen molar-refractivity contribution in [3.05, 3.63) is 47.5 Å². The highest BCUT2D eigenvalue weighted by atomic mass is 15.2. The van der Waals surface area contributed by atoms with E-state index in [9.17, 15) is 0 Å². The summed E-state index contributed by atoms with van der Waals surface area (Å²) in [6, 6.07) is 4.47. The van der Waals surface area contributed by atoms with Crippen LogP contribution < -0.4 is 5.32 Å². The van der Waals surface area contributed by atoms with Gasteiger partial charge in [-0.1, -0.05) is 6.07 Å². The number of aryl methyl sites for hydroxylation is 2. The molecular weight excluding hydrogens is 212 g/mol. The van der Waals surface area contributed by atoms with Crippen molar-refractivity contribution in [2.24, 2.45) is 7.05 Å². The molecule has 0 fully saturated rings. The van der Waals surface area contributed by atoms with Gasteiger partial charge in [-0.05, 0) is 31.2 Å². The predicted molar refractivity (Wildman–Crippen MR) is 67.7 cm³/mol. The average molecular weight is 230 g/mol. The summed E-state index contributed by atoms with van der Waals surface area (Å²) in [6.45, 7) is 2.06. The number of nitrogens with zero attached hydrogens (tertiary/aromatic N) is 3. The second-order valence-electron chi connectivity index (χ2n) is 4.32. The lowest BCUT2D eigenvalue weighted by Crippen LogP contribution is -2.19. The van der Waals surface area contributed by atoms with Crippen LogP contribution in [0.2, 0.25) is 0 Å². The fourth-order valence-electron chi connectivity index (χ4n) is 1.94. The minimum Gasteiger partial charge on any atom is -0.313 e. The first-order valence-corrected chi connectivity index (χ1v) is 5.76. The number of hydrogen-bond donors (Lipinski definition) is 1. The lowest BCUT2D eigenvalue weighted by atomic mass is 10.0. The van der Waals surface area contributed by atoms with Gasteiger partial charge in [0.05, 0.1) is 5.69 Å². The molecule has 17 heavy (non-hydrogen) atoms. The van der Waals surface area contributed by atoms with Gasteiger partial charge in [0.25, 0.3) is 0 Å². The second-order valence-corrected chi connectivity index (χ2v) is 4.32. The highest BCUT2D eigenvalue weighted by molar-refractivity contribution is 5.21. The molecule has 4 heteroatoms. The van der Waals surface area contributed by atoms with Crippen molar-refractivity contribution in [2.45, 2.75) is 19.4 Å². The molecule has 0 aliphatic carbocycles. The Balaban J connectivity index is 2.16. The highest BCUT2D eigenvalue weighted by Crippen LogP contribution is 2.17. The average Bonchev–Trinajstić information content (AvgIpc) is 2.72. The lowest BCUT2D eigenvalue weighted by Gasteiger charge is -2.15. The van der Waals surface area contributed by atoms with E-state index in [4.69, 9.17) is 0 Å². The Bertz CT molecular complexity index is 490. The van der Waals surface area contributed by atoms with Crippen LogP contribution in [-0.4, -0.2) is 21.8 Å². The summed E-state index contributed by atoms with van der Waals surface area (Å²) in [4.78, 5) is 4.23. The van der Waals surface area contributed by atoms with Gasteiger partial charge in [-0.3, -0.25) is 9.67 Å². The van der Waals surface area contributed by atoms with E-state index >= 15 is 0 Å². The summed E-state index contributed by atoms with van der Waals surface area (Å²) in [6.07, 6.45) is 6.63. The van der Waals surface area contributed by atoms with Crippen LogP contribution in [0.3, 0.4) is 0 Å². The quantitative estimate of drug-likeness (QED) is 0.868. The molecule has 0 spiro atoms. The Morgan fingerprint density at radius 2 is 2.24 bits per heavy atom. The third-order valence-electron chi connectivity index (χ3n) is 2.83. The monoisotopic (exact) mass is 230 g/mol. The minimum absolute atomic E-state index is 0.261. The molecule has 0 aliphatic heterocycles. The summed E-state index contributed by atoms with van der Waals surface area (Å²) in [5, 5.41) is 7.72. The van der Waals surface area contributed by atoms with Crippen molar-refractivity contribution in [2.75, 3.05) is 7.05 Å². The third-order valence-corrected chi connectivity index (χ3v) is 2.83. The zero-order chi connectivity index (χ0) is 12.3. The normalized spacial score (nSPS) is 12.6. The molecule has 0 aliphatic rings. The maximum absolute atomic E-state index is 4.40. The molecule has 1 atom stereocenters. The maximum Gasteiger partial charge on any atom is 0.0643 e. The molecule has 0 bridgehead atoms. The summed E-state index contributed by atoms with van der Waals surface area (Å²) in [7, 11) is 3.90. The van der Waals surface area contributed by atoms with Crippen LogP contribution >= 0.6 is 0 Å². The van der Waals surface area contributed by atoms with Crippen LogP contribution in [0, 0.1) is 6.92 Å². The molecule has 0 saturated carbocycles. The van der Waals surface area contributed by atoms with Crippen LogP contribution in [-0.2, 0) is 13.5 Å². The van der Waals surface area contributed by atoms with Gasteiger partial charge in [0.15, 0.2) is 0 Å². The number of nitrogens with one attached hydrogen (secondary N) is 1. The van der Waals surface area contributed by atoms with Crippen molar-refractivity contribution in [3.63, 3.8) is 0 Å². The Hall–Kier alpha value is -1.68. The van der Waals surface area contributed by atoms with E-state index in [-0.39, 0.29) is 6.04 Å². The predicted octanol–water partition coefficient (Wildman–Crippen LogP) is 1.63. The Kier molecular flexibility index (Phi) is 3.54. The van der Waals surface area contributed by atoms with Gasteiger partial charge in [0.1, 0.15) is 0 Å². The molecule has 90 valence electrons. The van der Waals surface area contributed by atoms with E-state index in [0.717, 1.165) is 12.1 Å². The standard InChI is InChI=1S/C13H18N4/c1-10-6-11(9-15-8-10)13(14-2)7-12-4-5-17(3)16-12/h4-6,8-9,13-14H,7H2,1-3H3. The first-order chi connectivity index (χ1) is 8.19. The van der Waals surface area contributed by atoms with E-state index in [2.05, 4.69) is 28.4 Å². The van der Waals surface area contributed by atoms with Crippen molar-refractivity contribution in [3.8, 4) is 0 Å². The Morgan fingerprint density at radius 3 is 2.82 bits per heavy atom. The second kappa shape index (κ2) is 5.10. The molecule has 2 heterocycles. The number of pyridine rings is 1. The van der Waals surface area contributed by atoms with Crippen molar-refractivity contribution in [1.82, 2.24) is 20.1 Å². The molecule has 2 aromatic rings. The zero-order valence-corrected chi connectivity index (χ0v) is 10.5. The van der Waals surface area contributed by atoms with Crippen LogP contribution in [0.25, 0.3) is 0 Å². The molecule has 2 rings (SSSR count). The van der Waals surface area contributed by atoms with E-state index in [0.29, 0.717) is 0 Å². The van der Waals surface area contributed by atoms with E-state index in [1.54, 1.807) is 0 Å². The van der Waals surface area contributed by atoms with Gasteiger partial charge in [0.2, 0.25) is 0 Å². The third kappa shape index (κ3) is 2.91. The minimum atomic E-state index is 0.261. The van der Waals surface area contributed by atoms with Crippen LogP contribution in [0.1, 0.15) is 22.9 Å². The van der Waals surface area contributed by atoms with Crippen LogP contribution in [0.5, 0.6) is 0 Å². The Morgan fingerprint density at radius 1 is 1.41 bits per heavy atom. The van der Waals surface area contributed by atoms with E-state index in [1.807, 2.05) is 43.4 Å². The largest absolute Gasteiger partial charge is 0.313 e. The van der Waals surface area contributed by atoms with Crippen molar-refractivity contribution < 1.29 is 0 Å². The van der Waals surface area contributed by atoms with Crippen molar-refractivity contribution in [1.29, 1.82) is 0 Å². The van der Waals surface area contributed by atoms with E-state index < -0.39 is 0 Å². The number of aromatic nitrogens is 3. The molecule has 0 amide bonds. The van der Waals surface area contributed by atoms with Gasteiger partial charge >= 0.3 is 0 Å². The summed E-state index contributed by atoms with van der Waals surface area (Å²) in [5.41, 5.74) is 3.48. The molecule has 1 N–H and O–H groups in total. The van der Waals surface area contributed by atoms with Gasteiger partial charge in [-0.2, -0.15) is 5.10 Å². The number of rotatable bonds is 4. The molecule has 0 saturated heterocycles. The molecule has 0 aromatic carbocycles. The van der Waals surface area contributed by atoms with Gasteiger partial charge < -0.3 is 5.32 Å². The number of hydrogen-bond acceptors (Lipinski definition) is 3. The molecule has 1 unspecified atom stereocenters. The summed E-state index contributed by atoms with van der Waals surface area (Å²) < 4.78 is 1.83. The Labute approximate surface area is 102 Å². The molecule has 2 aromatic heterocycles. The van der Waals surface area contributed by atoms with Gasteiger partial charge in [-0.25, -0.2) is 0 Å². The topological polar surface area (TPSA) is 42.7 Å². The van der Waals surface area contributed by atoms with Gasteiger partial charge in [-0.15, -0.1) is 0 Å². The van der Waals surface area contributed by atoms with Crippen LogP contribution in [0.4, 0.5) is 0 Å². The fraction of sp³-hybridized carbons (Fsp3) is 0.385. The molecule has 0 radical (unpaired) electrons. The summed E-state index contributed by atoms with van der Waals surface area (Å²) >= 11 is 0. The van der Waals surface area contributed by atoms with E-state index in [1.165, 1.54) is 11.1 Å².